The van der Waals surface area contributed by atoms with Gasteiger partial charge in [-0.05, 0) is 12.1 Å². The largest absolute Gasteiger partial charge is 0.355 e. The van der Waals surface area contributed by atoms with Gasteiger partial charge in [-0.15, -0.1) is 0 Å². The number of hydrogen-bond acceptors (Lipinski definition) is 1. The van der Waals surface area contributed by atoms with Crippen molar-refractivity contribution in [3.8, 4) is 0 Å². The van der Waals surface area contributed by atoms with Crippen molar-refractivity contribution < 1.29 is 8.78 Å². The molecule has 1 heterocycles. The summed E-state index contributed by atoms with van der Waals surface area (Å²) in [5, 5.41) is 0.512. The van der Waals surface area contributed by atoms with Crippen molar-refractivity contribution in [3.05, 3.63) is 35.5 Å². The van der Waals surface area contributed by atoms with Crippen LogP contribution in [0.4, 0.5) is 8.78 Å². The third kappa shape index (κ3) is 1.29. The summed E-state index contributed by atoms with van der Waals surface area (Å²) in [6.07, 6.45) is 0. The lowest BCUT2D eigenvalue weighted by molar-refractivity contribution is 0.591. The molecule has 2 aromatic rings. The minimum atomic E-state index is -0.588. The van der Waals surface area contributed by atoms with Gasteiger partial charge >= 0.3 is 0 Å². The summed E-state index contributed by atoms with van der Waals surface area (Å²) < 4.78 is 25.8. The van der Waals surface area contributed by atoms with E-state index in [2.05, 4.69) is 4.98 Å². The monoisotopic (exact) mass is 182 g/mol. The highest BCUT2D eigenvalue weighted by atomic mass is 19.1. The van der Waals surface area contributed by atoms with E-state index in [4.69, 9.17) is 5.73 Å². The summed E-state index contributed by atoms with van der Waals surface area (Å²) in [6.45, 7) is 0.287. The van der Waals surface area contributed by atoms with Crippen LogP contribution in [0.25, 0.3) is 10.9 Å². The summed E-state index contributed by atoms with van der Waals surface area (Å²) in [5.41, 5.74) is 6.36. The Hall–Kier alpha value is -1.42. The standard InChI is InChI=1S/C9H8F2N2/c10-6-1-5-2-7(4-12)13-9(5)8(11)3-6/h1-3,13H,4,12H2. The van der Waals surface area contributed by atoms with Crippen LogP contribution in [-0.2, 0) is 6.54 Å². The van der Waals surface area contributed by atoms with Gasteiger partial charge in [0.1, 0.15) is 11.6 Å². The number of nitrogens with two attached hydrogens (primary N) is 1. The second kappa shape index (κ2) is 2.81. The zero-order valence-electron chi connectivity index (χ0n) is 6.77. The number of benzene rings is 1. The van der Waals surface area contributed by atoms with Crippen molar-refractivity contribution in [2.75, 3.05) is 0 Å². The average Bonchev–Trinajstić information content (AvgIpc) is 2.47. The maximum atomic E-state index is 13.1. The molecule has 0 fully saturated rings. The Bertz CT molecular complexity index is 448. The number of rotatable bonds is 1. The summed E-state index contributed by atoms with van der Waals surface area (Å²) in [7, 11) is 0. The summed E-state index contributed by atoms with van der Waals surface area (Å²) >= 11 is 0. The zero-order chi connectivity index (χ0) is 9.42. The molecule has 0 saturated heterocycles. The number of H-pyrrole nitrogens is 1. The normalized spacial score (nSPS) is 11.0. The summed E-state index contributed by atoms with van der Waals surface area (Å²) in [4.78, 5) is 2.77. The fourth-order valence-electron chi connectivity index (χ4n) is 1.33. The lowest BCUT2D eigenvalue weighted by Crippen LogP contribution is -1.95. The van der Waals surface area contributed by atoms with Crippen molar-refractivity contribution in [1.29, 1.82) is 0 Å². The van der Waals surface area contributed by atoms with Gasteiger partial charge in [-0.2, -0.15) is 0 Å². The Morgan fingerprint density at radius 3 is 2.69 bits per heavy atom. The number of halogens is 2. The van der Waals surface area contributed by atoms with Crippen LogP contribution in [0.5, 0.6) is 0 Å². The van der Waals surface area contributed by atoms with E-state index < -0.39 is 11.6 Å². The first-order chi connectivity index (χ1) is 6.20. The van der Waals surface area contributed by atoms with Gasteiger partial charge in [0.2, 0.25) is 0 Å². The second-order valence-corrected chi connectivity index (χ2v) is 2.85. The van der Waals surface area contributed by atoms with Gasteiger partial charge < -0.3 is 10.7 Å². The van der Waals surface area contributed by atoms with Crippen LogP contribution in [0, 0.1) is 11.6 Å². The molecule has 13 heavy (non-hydrogen) atoms. The Balaban J connectivity index is 2.75. The molecule has 0 amide bonds. The molecule has 0 aliphatic carbocycles. The predicted molar refractivity (Wildman–Crippen MR) is 46.1 cm³/mol. The quantitative estimate of drug-likeness (QED) is 0.694. The molecular formula is C9H8F2N2. The van der Waals surface area contributed by atoms with Crippen LogP contribution in [0.3, 0.4) is 0 Å². The molecular weight excluding hydrogens is 174 g/mol. The number of fused-ring (bicyclic) bond motifs is 1. The topological polar surface area (TPSA) is 41.8 Å². The number of aromatic amines is 1. The minimum Gasteiger partial charge on any atom is -0.355 e. The molecule has 3 N–H and O–H groups in total. The number of nitrogens with one attached hydrogen (secondary N) is 1. The van der Waals surface area contributed by atoms with Crippen LogP contribution in [0.2, 0.25) is 0 Å². The third-order valence-electron chi connectivity index (χ3n) is 1.92. The van der Waals surface area contributed by atoms with E-state index in [0.29, 0.717) is 16.6 Å². The Labute approximate surface area is 73.4 Å². The molecule has 0 radical (unpaired) electrons. The van der Waals surface area contributed by atoms with Gasteiger partial charge in [0, 0.05) is 23.7 Å². The smallest absolute Gasteiger partial charge is 0.150 e. The van der Waals surface area contributed by atoms with Crippen molar-refractivity contribution >= 4 is 10.9 Å². The molecule has 0 unspecified atom stereocenters. The molecule has 0 atom stereocenters. The first-order valence-electron chi connectivity index (χ1n) is 3.87. The lowest BCUT2D eigenvalue weighted by atomic mass is 10.2. The van der Waals surface area contributed by atoms with Gasteiger partial charge in [-0.3, -0.25) is 0 Å². The van der Waals surface area contributed by atoms with E-state index in [9.17, 15) is 8.78 Å². The Kier molecular flexibility index (Phi) is 1.77. The third-order valence-corrected chi connectivity index (χ3v) is 1.92. The Morgan fingerprint density at radius 2 is 2.00 bits per heavy atom. The molecule has 2 nitrogen and oxygen atoms in total. The van der Waals surface area contributed by atoms with Gasteiger partial charge in [0.25, 0.3) is 0 Å². The van der Waals surface area contributed by atoms with Crippen molar-refractivity contribution in [3.63, 3.8) is 0 Å². The molecule has 1 aromatic heterocycles. The predicted octanol–water partition coefficient (Wildman–Crippen LogP) is 1.90. The van der Waals surface area contributed by atoms with Gasteiger partial charge in [0.15, 0.2) is 0 Å². The van der Waals surface area contributed by atoms with Crippen molar-refractivity contribution in [2.45, 2.75) is 6.54 Å². The van der Waals surface area contributed by atoms with Crippen LogP contribution in [0.15, 0.2) is 18.2 Å². The molecule has 2 rings (SSSR count). The highest BCUT2D eigenvalue weighted by molar-refractivity contribution is 5.81. The molecule has 0 saturated carbocycles. The van der Waals surface area contributed by atoms with E-state index >= 15 is 0 Å². The number of hydrogen-bond donors (Lipinski definition) is 2. The van der Waals surface area contributed by atoms with Crippen molar-refractivity contribution in [2.24, 2.45) is 5.73 Å². The molecule has 4 heteroatoms. The SMILES string of the molecule is NCc1cc2cc(F)cc(F)c2[nH]1. The maximum Gasteiger partial charge on any atom is 0.150 e. The summed E-state index contributed by atoms with van der Waals surface area (Å²) in [5.74, 6) is -1.16. The maximum absolute atomic E-state index is 13.1. The van der Waals surface area contributed by atoms with Gasteiger partial charge in [-0.25, -0.2) is 8.78 Å². The fraction of sp³-hybridized carbons (Fsp3) is 0.111. The van der Waals surface area contributed by atoms with E-state index in [1.807, 2.05) is 0 Å². The van der Waals surface area contributed by atoms with E-state index in [1.54, 1.807) is 6.07 Å². The molecule has 0 bridgehead atoms. The van der Waals surface area contributed by atoms with E-state index in [0.717, 1.165) is 6.07 Å². The van der Waals surface area contributed by atoms with Crippen molar-refractivity contribution in [1.82, 2.24) is 4.98 Å². The van der Waals surface area contributed by atoms with Crippen LogP contribution < -0.4 is 5.73 Å². The van der Waals surface area contributed by atoms with Gasteiger partial charge in [-0.1, -0.05) is 0 Å². The molecule has 0 aliphatic rings. The molecule has 68 valence electrons. The first kappa shape index (κ1) is 8.19. The Morgan fingerprint density at radius 1 is 1.23 bits per heavy atom. The summed E-state index contributed by atoms with van der Waals surface area (Å²) in [6, 6.07) is 3.76. The van der Waals surface area contributed by atoms with Gasteiger partial charge in [0.05, 0.1) is 5.52 Å². The van der Waals surface area contributed by atoms with Crippen LogP contribution in [-0.4, -0.2) is 4.98 Å². The second-order valence-electron chi connectivity index (χ2n) is 2.85. The zero-order valence-corrected chi connectivity index (χ0v) is 6.77. The molecule has 1 aromatic carbocycles. The van der Waals surface area contributed by atoms with E-state index in [-0.39, 0.29) is 6.54 Å². The first-order valence-corrected chi connectivity index (χ1v) is 3.87. The highest BCUT2D eigenvalue weighted by Gasteiger charge is 2.06. The number of aromatic nitrogens is 1. The van der Waals surface area contributed by atoms with Crippen LogP contribution in [0.1, 0.15) is 5.69 Å². The highest BCUT2D eigenvalue weighted by Crippen LogP contribution is 2.19. The minimum absolute atomic E-state index is 0.287. The average molecular weight is 182 g/mol. The van der Waals surface area contributed by atoms with Crippen LogP contribution >= 0.6 is 0 Å². The lowest BCUT2D eigenvalue weighted by Gasteiger charge is -1.92. The fourth-order valence-corrected chi connectivity index (χ4v) is 1.33. The van der Waals surface area contributed by atoms with E-state index in [1.165, 1.54) is 6.07 Å². The molecule has 0 aliphatic heterocycles. The molecule has 0 spiro atoms.